The third-order valence-corrected chi connectivity index (χ3v) is 2.90. The quantitative estimate of drug-likeness (QED) is 0.466. The Bertz CT molecular complexity index is 254. The van der Waals surface area contributed by atoms with E-state index in [9.17, 15) is 4.79 Å². The first kappa shape index (κ1) is 14.0. The molecule has 1 heterocycles. The normalized spacial score (nSPS) is 22.9. The number of carbonyl (C=O) groups excluding carboxylic acids is 1. The highest BCUT2D eigenvalue weighted by molar-refractivity contribution is 5.71. The molecule has 0 spiro atoms. The Balaban J connectivity index is 2.26. The highest BCUT2D eigenvalue weighted by Crippen LogP contribution is 2.07. The Morgan fingerprint density at radius 3 is 2.29 bits per heavy atom. The van der Waals surface area contributed by atoms with Crippen LogP contribution >= 0.6 is 0 Å². The zero-order valence-corrected chi connectivity index (χ0v) is 10.7. The van der Waals surface area contributed by atoms with Crippen LogP contribution in [0.4, 0.5) is 0 Å². The van der Waals surface area contributed by atoms with Gasteiger partial charge in [-0.15, -0.1) is 0 Å². The third kappa shape index (κ3) is 8.73. The number of cyclic esters (lactones) is 1. The van der Waals surface area contributed by atoms with Gasteiger partial charge in [0.05, 0.1) is 13.0 Å². The first-order valence-electron chi connectivity index (χ1n) is 6.85. The van der Waals surface area contributed by atoms with Gasteiger partial charge in [0.2, 0.25) is 0 Å². The monoisotopic (exact) mass is 236 g/mol. The number of hydrogen-bond acceptors (Lipinski definition) is 2. The summed E-state index contributed by atoms with van der Waals surface area (Å²) < 4.78 is 5.14. The van der Waals surface area contributed by atoms with E-state index >= 15 is 0 Å². The molecule has 1 aliphatic heterocycles. The number of ether oxygens (including phenoxy) is 1. The lowest BCUT2D eigenvalue weighted by molar-refractivity contribution is -0.142. The molecular formula is C15H24O2. The molecular weight excluding hydrogens is 212 g/mol. The maximum absolute atomic E-state index is 11.3. The summed E-state index contributed by atoms with van der Waals surface area (Å²) in [6, 6.07) is 0. The van der Waals surface area contributed by atoms with Crippen LogP contribution in [0.15, 0.2) is 24.3 Å². The minimum atomic E-state index is -0.0936. The van der Waals surface area contributed by atoms with Gasteiger partial charge in [-0.25, -0.2) is 0 Å². The average Bonchev–Trinajstić information content (AvgIpc) is 2.32. The maximum Gasteiger partial charge on any atom is 0.309 e. The van der Waals surface area contributed by atoms with Crippen molar-refractivity contribution in [1.29, 1.82) is 0 Å². The van der Waals surface area contributed by atoms with E-state index in [-0.39, 0.29) is 5.97 Å². The van der Waals surface area contributed by atoms with Gasteiger partial charge >= 0.3 is 5.97 Å². The van der Waals surface area contributed by atoms with Crippen molar-refractivity contribution in [2.24, 2.45) is 0 Å². The molecule has 0 aliphatic carbocycles. The number of carbonyl (C=O) groups is 1. The fourth-order valence-electron chi connectivity index (χ4n) is 1.87. The second-order valence-electron chi connectivity index (χ2n) is 4.50. The molecule has 96 valence electrons. The van der Waals surface area contributed by atoms with Crippen LogP contribution in [0.25, 0.3) is 0 Å². The fourth-order valence-corrected chi connectivity index (χ4v) is 1.87. The molecule has 0 aromatic rings. The van der Waals surface area contributed by atoms with E-state index in [0.717, 1.165) is 19.3 Å². The molecule has 0 fully saturated rings. The Morgan fingerprint density at radius 1 is 0.765 bits per heavy atom. The van der Waals surface area contributed by atoms with E-state index in [2.05, 4.69) is 18.2 Å². The Labute approximate surface area is 105 Å². The summed E-state index contributed by atoms with van der Waals surface area (Å²) in [5.41, 5.74) is 0. The molecule has 2 nitrogen and oxygen atoms in total. The lowest BCUT2D eigenvalue weighted by Gasteiger charge is -2.03. The van der Waals surface area contributed by atoms with Crippen molar-refractivity contribution in [1.82, 2.24) is 0 Å². The van der Waals surface area contributed by atoms with Crippen LogP contribution in [-0.2, 0) is 9.53 Å². The molecule has 0 amide bonds. The Morgan fingerprint density at radius 2 is 1.41 bits per heavy atom. The van der Waals surface area contributed by atoms with Gasteiger partial charge in [0.25, 0.3) is 0 Å². The lowest BCUT2D eigenvalue weighted by atomic mass is 10.1. The topological polar surface area (TPSA) is 26.3 Å². The van der Waals surface area contributed by atoms with E-state index in [1.54, 1.807) is 0 Å². The molecule has 0 bridgehead atoms. The molecule has 2 heteroatoms. The van der Waals surface area contributed by atoms with Crippen molar-refractivity contribution in [2.75, 3.05) is 6.61 Å². The lowest BCUT2D eigenvalue weighted by Crippen LogP contribution is -2.04. The molecule has 17 heavy (non-hydrogen) atoms. The van der Waals surface area contributed by atoms with Gasteiger partial charge in [0.15, 0.2) is 0 Å². The van der Waals surface area contributed by atoms with Gasteiger partial charge in [-0.2, -0.15) is 0 Å². The second-order valence-corrected chi connectivity index (χ2v) is 4.50. The molecule has 0 N–H and O–H groups in total. The predicted octanol–water partition coefficient (Wildman–Crippen LogP) is 4.17. The summed E-state index contributed by atoms with van der Waals surface area (Å²) in [6.45, 7) is 0.590. The van der Waals surface area contributed by atoms with Gasteiger partial charge in [-0.05, 0) is 32.1 Å². The van der Waals surface area contributed by atoms with E-state index in [0.29, 0.717) is 13.0 Å². The predicted molar refractivity (Wildman–Crippen MR) is 70.8 cm³/mol. The van der Waals surface area contributed by atoms with Crippen LogP contribution < -0.4 is 0 Å². The smallest absolute Gasteiger partial charge is 0.309 e. The van der Waals surface area contributed by atoms with Crippen LogP contribution in [0.2, 0.25) is 0 Å². The number of rotatable bonds is 0. The van der Waals surface area contributed by atoms with E-state index < -0.39 is 0 Å². The van der Waals surface area contributed by atoms with Crippen molar-refractivity contribution in [3.8, 4) is 0 Å². The zero-order valence-electron chi connectivity index (χ0n) is 10.7. The number of hydrogen-bond donors (Lipinski definition) is 0. The highest BCUT2D eigenvalue weighted by Gasteiger charge is 1.99. The van der Waals surface area contributed by atoms with Gasteiger partial charge in [0.1, 0.15) is 0 Å². The standard InChI is InChI=1S/C15H24O2/c16-15-13-11-9-7-5-3-1-2-4-6-8-10-12-14-17-15/h1,3,9,11H,2,4-8,10,12-14H2/b3-1+,11-9?. The second kappa shape index (κ2) is 10.1. The van der Waals surface area contributed by atoms with Gasteiger partial charge in [0, 0.05) is 0 Å². The highest BCUT2D eigenvalue weighted by atomic mass is 16.5. The summed E-state index contributed by atoms with van der Waals surface area (Å²) in [5.74, 6) is -0.0936. The summed E-state index contributed by atoms with van der Waals surface area (Å²) in [5, 5.41) is 0. The molecule has 0 aromatic carbocycles. The first-order chi connectivity index (χ1) is 8.39. The molecule has 1 aliphatic rings. The van der Waals surface area contributed by atoms with Gasteiger partial charge < -0.3 is 4.74 Å². The molecule has 0 unspecified atom stereocenters. The molecule has 0 atom stereocenters. The van der Waals surface area contributed by atoms with Crippen molar-refractivity contribution in [3.63, 3.8) is 0 Å². The number of allylic oxidation sites excluding steroid dienone is 3. The minimum Gasteiger partial charge on any atom is -0.465 e. The van der Waals surface area contributed by atoms with Crippen LogP contribution in [0.5, 0.6) is 0 Å². The largest absolute Gasteiger partial charge is 0.465 e. The van der Waals surface area contributed by atoms with Crippen LogP contribution in [-0.4, -0.2) is 12.6 Å². The first-order valence-corrected chi connectivity index (χ1v) is 6.85. The molecule has 0 aromatic heterocycles. The Hall–Kier alpha value is -1.05. The van der Waals surface area contributed by atoms with Gasteiger partial charge in [-0.3, -0.25) is 4.79 Å². The molecule has 0 saturated carbocycles. The van der Waals surface area contributed by atoms with E-state index in [1.807, 2.05) is 6.08 Å². The van der Waals surface area contributed by atoms with E-state index in [4.69, 9.17) is 4.74 Å². The average molecular weight is 236 g/mol. The summed E-state index contributed by atoms with van der Waals surface area (Å²) in [7, 11) is 0. The maximum atomic E-state index is 11.3. The van der Waals surface area contributed by atoms with Gasteiger partial charge in [-0.1, -0.05) is 43.6 Å². The van der Waals surface area contributed by atoms with E-state index in [1.165, 1.54) is 32.1 Å². The van der Waals surface area contributed by atoms with Crippen LogP contribution in [0, 0.1) is 0 Å². The molecule has 0 saturated heterocycles. The fraction of sp³-hybridized carbons (Fsp3) is 0.667. The Kier molecular flexibility index (Phi) is 8.35. The van der Waals surface area contributed by atoms with Crippen molar-refractivity contribution >= 4 is 5.97 Å². The van der Waals surface area contributed by atoms with Crippen LogP contribution in [0.1, 0.15) is 57.8 Å². The molecule has 1 rings (SSSR count). The van der Waals surface area contributed by atoms with Crippen molar-refractivity contribution < 1.29 is 9.53 Å². The molecule has 0 radical (unpaired) electrons. The summed E-state index contributed by atoms with van der Waals surface area (Å²) >= 11 is 0. The third-order valence-electron chi connectivity index (χ3n) is 2.90. The number of esters is 1. The van der Waals surface area contributed by atoms with Crippen molar-refractivity contribution in [3.05, 3.63) is 24.3 Å². The summed E-state index contributed by atoms with van der Waals surface area (Å²) in [6.07, 6.45) is 18.2. The van der Waals surface area contributed by atoms with Crippen LogP contribution in [0.3, 0.4) is 0 Å². The summed E-state index contributed by atoms with van der Waals surface area (Å²) in [4.78, 5) is 11.3. The SMILES string of the molecule is O=C1CC=CCC/C=C/CCCCCCCO1. The van der Waals surface area contributed by atoms with Crippen molar-refractivity contribution in [2.45, 2.75) is 57.8 Å². The zero-order chi connectivity index (χ0) is 12.2. The minimum absolute atomic E-state index is 0.0936.